The van der Waals surface area contributed by atoms with Crippen molar-refractivity contribution in [2.75, 3.05) is 0 Å². The Bertz CT molecular complexity index is 2380. The molecule has 3 aromatic heterocycles. The van der Waals surface area contributed by atoms with Crippen molar-refractivity contribution in [3.63, 3.8) is 0 Å². The molecule has 0 fully saturated rings. The van der Waals surface area contributed by atoms with E-state index in [1.165, 1.54) is 30.2 Å². The molecule has 7 aromatic rings. The summed E-state index contributed by atoms with van der Waals surface area (Å²) >= 11 is 0. The summed E-state index contributed by atoms with van der Waals surface area (Å²) in [7, 11) is 0. The van der Waals surface area contributed by atoms with Gasteiger partial charge in [-0.2, -0.15) is 11.2 Å². The van der Waals surface area contributed by atoms with Crippen LogP contribution in [-0.4, -0.2) is 19.3 Å². The summed E-state index contributed by atoms with van der Waals surface area (Å²) in [5.41, 5.74) is 10.8. The number of fused-ring (bicyclic) bond motifs is 3. The Kier molecular flexibility index (Phi) is 11.2. The number of nitrogens with zero attached hydrogens (tertiary/aromatic N) is 4. The third-order valence-electron chi connectivity index (χ3n) is 10.3. The van der Waals surface area contributed by atoms with Crippen molar-refractivity contribution in [3.05, 3.63) is 131 Å². The monoisotopic (exact) mass is 881 g/mol. The molecule has 0 saturated carbocycles. The first-order chi connectivity index (χ1) is 24.9. The van der Waals surface area contributed by atoms with Gasteiger partial charge < -0.3 is 9.30 Å². The Hall–Kier alpha value is -4.47. The molecule has 1 atom stereocenters. The Morgan fingerprint density at radius 3 is 2.28 bits per heavy atom. The molecule has 0 saturated heterocycles. The topological polar surface area (TPSA) is 44.9 Å². The van der Waals surface area contributed by atoms with Crippen molar-refractivity contribution >= 4 is 21.8 Å². The second-order valence-corrected chi connectivity index (χ2v) is 15.9. The van der Waals surface area contributed by atoms with Gasteiger partial charge in [0.1, 0.15) is 5.82 Å². The normalized spacial score (nSPS) is 12.4. The molecule has 0 aliphatic carbocycles. The van der Waals surface area contributed by atoms with Crippen LogP contribution in [-0.2, 0) is 26.5 Å². The molecule has 0 bridgehead atoms. The molecule has 1 unspecified atom stereocenters. The van der Waals surface area contributed by atoms with E-state index in [0.717, 1.165) is 67.5 Å². The number of rotatable bonds is 10. The van der Waals surface area contributed by atoms with Gasteiger partial charge in [-0.15, -0.1) is 41.3 Å². The molecule has 0 spiro atoms. The van der Waals surface area contributed by atoms with E-state index >= 15 is 0 Å². The summed E-state index contributed by atoms with van der Waals surface area (Å²) in [5, 5.41) is 7.34. The molecule has 0 N–H and O–H groups in total. The van der Waals surface area contributed by atoms with Crippen molar-refractivity contribution in [3.8, 4) is 34.1 Å². The van der Waals surface area contributed by atoms with Crippen LogP contribution in [0.1, 0.15) is 94.8 Å². The summed E-state index contributed by atoms with van der Waals surface area (Å²) in [6.07, 6.45) is 5.56. The minimum Gasteiger partial charge on any atom is -0.509 e. The SMILES string of the molecule is Cc1ccnc(-n2c3[c-]c(Oc4[c-]c(-n5nc(C)c(-c6ccccc6)c5C)cc(C(C)(C)C)c4)ccc3c3cc(C(C)CCCC(C)C)ccc32)c1.[Pt+2]. The summed E-state index contributed by atoms with van der Waals surface area (Å²) < 4.78 is 10.9. The fraction of sp³-hybridized carbons (Fsp3) is 0.319. The second-order valence-electron chi connectivity index (χ2n) is 15.9. The van der Waals surface area contributed by atoms with Crippen LogP contribution in [0.15, 0.2) is 91.1 Å². The van der Waals surface area contributed by atoms with E-state index in [1.54, 1.807) is 0 Å². The minimum absolute atomic E-state index is 0. The number of aryl methyl sites for hydroxylation is 2. The summed E-state index contributed by atoms with van der Waals surface area (Å²) in [6.45, 7) is 19.9. The van der Waals surface area contributed by atoms with E-state index in [2.05, 4.69) is 146 Å². The standard InChI is InChI=1S/C47H50N4O.Pt/c1-30(2)14-13-15-32(4)36-18-21-43-42(25-36)41-20-19-39(29-44(41)50(43)45-24-31(3)22-23-48-45)52-40-27-37(47(7,8)9)26-38(28-40)51-34(6)46(33(5)49-51)35-16-11-10-12-17-35;/h10-12,16-27,30,32H,13-15H2,1-9H3;/q-2;+2. The van der Waals surface area contributed by atoms with Crippen LogP contribution in [0.3, 0.4) is 0 Å². The maximum atomic E-state index is 6.70. The summed E-state index contributed by atoms with van der Waals surface area (Å²) in [4.78, 5) is 4.82. The van der Waals surface area contributed by atoms with Crippen LogP contribution in [0.25, 0.3) is 44.4 Å². The van der Waals surface area contributed by atoms with E-state index in [0.29, 0.717) is 17.4 Å². The average molecular weight is 882 g/mol. The zero-order valence-corrected chi connectivity index (χ0v) is 34.7. The quantitative estimate of drug-likeness (QED) is 0.129. The molecular formula is C47H50N4OPt. The molecule has 7 rings (SSSR count). The number of pyridine rings is 1. The number of hydrogen-bond donors (Lipinski definition) is 0. The Morgan fingerprint density at radius 1 is 0.792 bits per heavy atom. The molecular weight excluding hydrogens is 832 g/mol. The molecule has 0 aliphatic rings. The second kappa shape index (κ2) is 15.5. The Balaban J connectivity index is 0.00000481. The Morgan fingerprint density at radius 2 is 1.57 bits per heavy atom. The first-order valence-corrected chi connectivity index (χ1v) is 18.7. The molecule has 3 heterocycles. The van der Waals surface area contributed by atoms with E-state index < -0.39 is 0 Å². The molecule has 0 radical (unpaired) electrons. The fourth-order valence-corrected chi connectivity index (χ4v) is 7.34. The molecule has 4 aromatic carbocycles. The first-order valence-electron chi connectivity index (χ1n) is 18.7. The summed E-state index contributed by atoms with van der Waals surface area (Å²) in [6, 6.07) is 37.3. The van der Waals surface area contributed by atoms with Gasteiger partial charge in [-0.05, 0) is 90.4 Å². The predicted octanol–water partition coefficient (Wildman–Crippen LogP) is 12.6. The van der Waals surface area contributed by atoms with Gasteiger partial charge in [-0.1, -0.05) is 102 Å². The van der Waals surface area contributed by atoms with Gasteiger partial charge in [0.25, 0.3) is 0 Å². The van der Waals surface area contributed by atoms with E-state index in [4.69, 9.17) is 14.8 Å². The average Bonchev–Trinajstić information content (AvgIpc) is 3.59. The number of benzene rings is 4. The fourth-order valence-electron chi connectivity index (χ4n) is 7.34. The first kappa shape index (κ1) is 38.3. The number of ether oxygens (including phenoxy) is 1. The molecule has 274 valence electrons. The van der Waals surface area contributed by atoms with Crippen molar-refractivity contribution in [2.24, 2.45) is 5.92 Å². The maximum Gasteiger partial charge on any atom is 2.00 e. The third-order valence-corrected chi connectivity index (χ3v) is 10.3. The smallest absolute Gasteiger partial charge is 0.509 e. The molecule has 5 nitrogen and oxygen atoms in total. The number of hydrogen-bond acceptors (Lipinski definition) is 3. The van der Waals surface area contributed by atoms with Gasteiger partial charge in [0.2, 0.25) is 0 Å². The number of aromatic nitrogens is 4. The van der Waals surface area contributed by atoms with Gasteiger partial charge in [0.05, 0.1) is 5.69 Å². The third kappa shape index (κ3) is 7.92. The van der Waals surface area contributed by atoms with Gasteiger partial charge >= 0.3 is 21.1 Å². The van der Waals surface area contributed by atoms with Crippen LogP contribution in [0.2, 0.25) is 0 Å². The van der Waals surface area contributed by atoms with E-state index in [1.807, 2.05) is 29.1 Å². The van der Waals surface area contributed by atoms with Gasteiger partial charge in [-0.25, -0.2) is 4.98 Å². The van der Waals surface area contributed by atoms with Crippen LogP contribution < -0.4 is 4.74 Å². The minimum atomic E-state index is -0.124. The zero-order valence-electron chi connectivity index (χ0n) is 32.4. The summed E-state index contributed by atoms with van der Waals surface area (Å²) in [5.74, 6) is 3.33. The van der Waals surface area contributed by atoms with E-state index in [9.17, 15) is 0 Å². The van der Waals surface area contributed by atoms with Crippen LogP contribution in [0.5, 0.6) is 11.5 Å². The Labute approximate surface area is 329 Å². The van der Waals surface area contributed by atoms with Crippen LogP contribution in [0, 0.1) is 38.8 Å². The van der Waals surface area contributed by atoms with Crippen LogP contribution >= 0.6 is 0 Å². The van der Waals surface area contributed by atoms with Gasteiger partial charge in [0, 0.05) is 34.5 Å². The van der Waals surface area contributed by atoms with Crippen molar-refractivity contribution in [2.45, 2.75) is 92.9 Å². The predicted molar refractivity (Wildman–Crippen MR) is 215 cm³/mol. The maximum absolute atomic E-state index is 6.70. The van der Waals surface area contributed by atoms with Crippen molar-refractivity contribution < 1.29 is 25.8 Å². The molecule has 53 heavy (non-hydrogen) atoms. The molecule has 0 aliphatic heterocycles. The molecule has 0 amide bonds. The molecule has 6 heteroatoms. The van der Waals surface area contributed by atoms with E-state index in [-0.39, 0.29) is 26.5 Å². The van der Waals surface area contributed by atoms with Crippen molar-refractivity contribution in [1.29, 1.82) is 0 Å². The van der Waals surface area contributed by atoms with Crippen molar-refractivity contribution in [1.82, 2.24) is 19.3 Å². The largest absolute Gasteiger partial charge is 2.00 e. The van der Waals surface area contributed by atoms with Gasteiger partial charge in [0.15, 0.2) is 0 Å². The van der Waals surface area contributed by atoms with Gasteiger partial charge in [-0.3, -0.25) is 4.68 Å². The van der Waals surface area contributed by atoms with Crippen LogP contribution in [0.4, 0.5) is 0 Å². The zero-order chi connectivity index (χ0) is 36.7.